The number of aryl methyl sites for hydroxylation is 2. The number of nitrogens with zero attached hydrogens (tertiary/aromatic N) is 3. The SMILES string of the molecule is CC1=CC(=Nc2c(C)cc(N(CCO)CCO)cc2C)C(=NCCO)CC1=O. The third kappa shape index (κ3) is 5.34. The Balaban J connectivity index is 2.47. The summed E-state index contributed by atoms with van der Waals surface area (Å²) in [5, 5.41) is 27.6. The van der Waals surface area contributed by atoms with Gasteiger partial charge in [-0.2, -0.15) is 0 Å². The predicted molar refractivity (Wildman–Crippen MR) is 112 cm³/mol. The molecular formula is C21H29N3O4. The first-order valence-electron chi connectivity index (χ1n) is 9.44. The van der Waals surface area contributed by atoms with Gasteiger partial charge in [0.15, 0.2) is 5.78 Å². The average Bonchev–Trinajstić information content (AvgIpc) is 2.65. The molecule has 0 amide bonds. The molecule has 1 aromatic carbocycles. The Kier molecular flexibility index (Phi) is 8.04. The van der Waals surface area contributed by atoms with E-state index in [1.807, 2.05) is 30.9 Å². The van der Waals surface area contributed by atoms with Gasteiger partial charge in [-0.3, -0.25) is 9.79 Å². The van der Waals surface area contributed by atoms with Crippen molar-refractivity contribution in [2.24, 2.45) is 9.98 Å². The monoisotopic (exact) mass is 387 g/mol. The van der Waals surface area contributed by atoms with Crippen LogP contribution >= 0.6 is 0 Å². The maximum absolute atomic E-state index is 12.0. The lowest BCUT2D eigenvalue weighted by Crippen LogP contribution is -2.29. The highest BCUT2D eigenvalue weighted by Crippen LogP contribution is 2.30. The molecule has 1 aromatic rings. The molecule has 0 aromatic heterocycles. The first-order chi connectivity index (χ1) is 13.4. The van der Waals surface area contributed by atoms with Gasteiger partial charge in [0.1, 0.15) is 0 Å². The molecule has 0 heterocycles. The fraction of sp³-hybridized carbons (Fsp3) is 0.476. The molecule has 28 heavy (non-hydrogen) atoms. The Morgan fingerprint density at radius 2 is 1.61 bits per heavy atom. The number of hydrogen-bond acceptors (Lipinski definition) is 7. The summed E-state index contributed by atoms with van der Waals surface area (Å²) in [5.41, 5.74) is 5.51. The largest absolute Gasteiger partial charge is 0.395 e. The summed E-state index contributed by atoms with van der Waals surface area (Å²) < 4.78 is 0. The molecule has 0 saturated heterocycles. The molecule has 0 bridgehead atoms. The molecule has 0 aliphatic heterocycles. The van der Waals surface area contributed by atoms with E-state index in [4.69, 9.17) is 10.1 Å². The number of carbonyl (C=O) groups excluding carboxylic acids is 1. The first-order valence-corrected chi connectivity index (χ1v) is 9.44. The van der Waals surface area contributed by atoms with Gasteiger partial charge in [0.05, 0.1) is 49.9 Å². The van der Waals surface area contributed by atoms with Gasteiger partial charge in [0.2, 0.25) is 0 Å². The lowest BCUT2D eigenvalue weighted by molar-refractivity contribution is -0.114. The second-order valence-electron chi connectivity index (χ2n) is 6.84. The summed E-state index contributed by atoms with van der Waals surface area (Å²) in [5.74, 6) is 0.0167. The zero-order valence-electron chi connectivity index (χ0n) is 16.8. The number of benzene rings is 1. The van der Waals surface area contributed by atoms with Crippen molar-refractivity contribution in [3.05, 3.63) is 34.9 Å². The maximum Gasteiger partial charge on any atom is 0.164 e. The molecule has 0 atom stereocenters. The van der Waals surface area contributed by atoms with E-state index in [-0.39, 0.29) is 38.6 Å². The number of rotatable bonds is 8. The maximum atomic E-state index is 12.0. The summed E-state index contributed by atoms with van der Waals surface area (Å²) in [6.45, 7) is 6.74. The number of allylic oxidation sites excluding steroid dienone is 2. The van der Waals surface area contributed by atoms with Gasteiger partial charge in [-0.05, 0) is 55.7 Å². The molecule has 1 aliphatic rings. The summed E-state index contributed by atoms with van der Waals surface area (Å²) in [6, 6.07) is 3.96. The van der Waals surface area contributed by atoms with Crippen molar-refractivity contribution in [2.45, 2.75) is 27.2 Å². The number of ketones is 1. The van der Waals surface area contributed by atoms with Crippen LogP contribution in [0.2, 0.25) is 0 Å². The second-order valence-corrected chi connectivity index (χ2v) is 6.84. The van der Waals surface area contributed by atoms with Gasteiger partial charge in [-0.1, -0.05) is 0 Å². The van der Waals surface area contributed by atoms with Gasteiger partial charge in [-0.15, -0.1) is 0 Å². The predicted octanol–water partition coefficient (Wildman–Crippen LogP) is 1.52. The molecule has 3 N–H and O–H groups in total. The molecule has 0 fully saturated rings. The van der Waals surface area contributed by atoms with Crippen LogP contribution in [0.25, 0.3) is 0 Å². The van der Waals surface area contributed by atoms with Crippen LogP contribution in [0, 0.1) is 13.8 Å². The Labute approximate surface area is 165 Å². The highest BCUT2D eigenvalue weighted by atomic mass is 16.3. The van der Waals surface area contributed by atoms with E-state index in [0.717, 1.165) is 22.5 Å². The Morgan fingerprint density at radius 3 is 2.14 bits per heavy atom. The van der Waals surface area contributed by atoms with Gasteiger partial charge in [0.25, 0.3) is 0 Å². The van der Waals surface area contributed by atoms with E-state index < -0.39 is 0 Å². The van der Waals surface area contributed by atoms with Gasteiger partial charge in [0, 0.05) is 18.8 Å². The number of Topliss-reactive ketones (excluding diaryl/α,β-unsaturated/α-hetero) is 1. The minimum absolute atomic E-state index is 0.00489. The minimum Gasteiger partial charge on any atom is -0.395 e. The lowest BCUT2D eigenvalue weighted by atomic mass is 9.95. The summed E-state index contributed by atoms with van der Waals surface area (Å²) in [6.07, 6.45) is 1.94. The molecule has 0 spiro atoms. The van der Waals surface area contributed by atoms with Crippen LogP contribution in [0.5, 0.6) is 0 Å². The Hall–Kier alpha value is -2.35. The van der Waals surface area contributed by atoms with E-state index in [2.05, 4.69) is 4.99 Å². The van der Waals surface area contributed by atoms with Gasteiger partial charge >= 0.3 is 0 Å². The zero-order valence-corrected chi connectivity index (χ0v) is 16.8. The lowest BCUT2D eigenvalue weighted by Gasteiger charge is -2.24. The minimum atomic E-state index is -0.0774. The van der Waals surface area contributed by atoms with Crippen molar-refractivity contribution in [1.29, 1.82) is 0 Å². The molecule has 0 radical (unpaired) electrons. The number of hydrogen-bond donors (Lipinski definition) is 3. The molecular weight excluding hydrogens is 358 g/mol. The highest BCUT2D eigenvalue weighted by Gasteiger charge is 2.21. The molecule has 0 unspecified atom stereocenters. The first kappa shape index (κ1) is 21.9. The fourth-order valence-corrected chi connectivity index (χ4v) is 3.19. The molecule has 2 rings (SSSR count). The topological polar surface area (TPSA) is 106 Å². The van der Waals surface area contributed by atoms with Crippen LogP contribution in [-0.2, 0) is 4.79 Å². The van der Waals surface area contributed by atoms with Crippen LogP contribution < -0.4 is 4.90 Å². The smallest absolute Gasteiger partial charge is 0.164 e. The van der Waals surface area contributed by atoms with E-state index in [9.17, 15) is 15.0 Å². The Morgan fingerprint density at radius 1 is 1.00 bits per heavy atom. The van der Waals surface area contributed by atoms with Crippen molar-refractivity contribution < 1.29 is 20.1 Å². The summed E-state index contributed by atoms with van der Waals surface area (Å²) in [4.78, 5) is 23.1. The molecule has 0 saturated carbocycles. The van der Waals surface area contributed by atoms with Crippen molar-refractivity contribution in [2.75, 3.05) is 44.4 Å². The molecule has 1 aliphatic carbocycles. The normalized spacial score (nSPS) is 17.4. The number of aliphatic imine (C=N–C) groups is 2. The van der Waals surface area contributed by atoms with E-state index in [1.54, 1.807) is 13.0 Å². The van der Waals surface area contributed by atoms with Crippen molar-refractivity contribution in [1.82, 2.24) is 0 Å². The summed E-state index contributed by atoms with van der Waals surface area (Å²) in [7, 11) is 0. The van der Waals surface area contributed by atoms with Crippen LogP contribution in [-0.4, -0.2) is 72.0 Å². The van der Waals surface area contributed by atoms with Crippen LogP contribution in [0.3, 0.4) is 0 Å². The van der Waals surface area contributed by atoms with Gasteiger partial charge in [-0.25, -0.2) is 4.99 Å². The van der Waals surface area contributed by atoms with E-state index >= 15 is 0 Å². The van der Waals surface area contributed by atoms with Crippen molar-refractivity contribution >= 4 is 28.6 Å². The van der Waals surface area contributed by atoms with Crippen LogP contribution in [0.1, 0.15) is 24.5 Å². The number of anilines is 1. The zero-order chi connectivity index (χ0) is 20.7. The molecule has 152 valence electrons. The standard InChI is InChI=1S/C21H29N3O4/c1-14-12-19(18(13-20(14)28)22-4-7-25)23-21-15(2)10-17(11-16(21)3)24(5-8-26)6-9-27/h10-12,25-27H,4-9,13H2,1-3H3. The van der Waals surface area contributed by atoms with Gasteiger partial charge < -0.3 is 20.2 Å². The molecule has 7 nitrogen and oxygen atoms in total. The number of aliphatic hydroxyl groups is 3. The number of carbonyl (C=O) groups is 1. The van der Waals surface area contributed by atoms with Crippen molar-refractivity contribution in [3.63, 3.8) is 0 Å². The van der Waals surface area contributed by atoms with E-state index in [1.165, 1.54) is 0 Å². The average molecular weight is 387 g/mol. The second kappa shape index (κ2) is 10.3. The van der Waals surface area contributed by atoms with Crippen LogP contribution in [0.15, 0.2) is 33.8 Å². The quantitative estimate of drug-likeness (QED) is 0.627. The third-order valence-electron chi connectivity index (χ3n) is 4.63. The highest BCUT2D eigenvalue weighted by molar-refractivity contribution is 6.52. The fourth-order valence-electron chi connectivity index (χ4n) is 3.19. The van der Waals surface area contributed by atoms with Crippen molar-refractivity contribution in [3.8, 4) is 0 Å². The molecule has 7 heteroatoms. The number of aliphatic hydroxyl groups excluding tert-OH is 3. The summed E-state index contributed by atoms with van der Waals surface area (Å²) >= 11 is 0. The van der Waals surface area contributed by atoms with E-state index in [0.29, 0.717) is 30.1 Å². The Bertz CT molecular complexity index is 783. The van der Waals surface area contributed by atoms with Crippen LogP contribution in [0.4, 0.5) is 11.4 Å². The third-order valence-corrected chi connectivity index (χ3v) is 4.63.